The zero-order valence-corrected chi connectivity index (χ0v) is 12.6. The smallest absolute Gasteiger partial charge is 0.416 e. The normalized spacial score (nSPS) is 11.6. The molecule has 0 saturated heterocycles. The Hall–Kier alpha value is -3.30. The minimum atomic E-state index is -4.50. The van der Waals surface area contributed by atoms with Crippen LogP contribution in [0.4, 0.5) is 24.7 Å². The van der Waals surface area contributed by atoms with Crippen molar-refractivity contribution in [2.45, 2.75) is 12.7 Å². The van der Waals surface area contributed by atoms with Crippen LogP contribution < -0.4 is 11.1 Å². The summed E-state index contributed by atoms with van der Waals surface area (Å²) in [7, 11) is 0. The number of hydrogen-bond donors (Lipinski definition) is 3. The Morgan fingerprint density at radius 2 is 2.08 bits per heavy atom. The average Bonchev–Trinajstić information content (AvgIpc) is 2.96. The van der Waals surface area contributed by atoms with Crippen LogP contribution in [0, 0.1) is 0 Å². The van der Waals surface area contributed by atoms with Gasteiger partial charge in [0.05, 0.1) is 5.56 Å². The summed E-state index contributed by atoms with van der Waals surface area (Å²) in [5.74, 6) is -0.953. The molecule has 130 valence electrons. The quantitative estimate of drug-likeness (QED) is 0.624. The van der Waals surface area contributed by atoms with E-state index in [-0.39, 0.29) is 29.4 Å². The fraction of sp³-hybridized carbons (Fsp3) is 0.133. The van der Waals surface area contributed by atoms with Crippen LogP contribution in [0.3, 0.4) is 0 Å². The van der Waals surface area contributed by atoms with Crippen molar-refractivity contribution in [3.05, 3.63) is 53.6 Å². The molecule has 0 aliphatic rings. The Morgan fingerprint density at radius 1 is 1.32 bits per heavy atom. The predicted octanol–water partition coefficient (Wildman–Crippen LogP) is 2.64. The topological polar surface area (TPSA) is 106 Å². The van der Waals surface area contributed by atoms with Crippen molar-refractivity contribution in [1.29, 1.82) is 0 Å². The van der Waals surface area contributed by atoms with Crippen LogP contribution in [0.15, 0.2) is 36.8 Å². The van der Waals surface area contributed by atoms with Crippen molar-refractivity contribution in [1.82, 2.24) is 14.4 Å². The number of hydrogen-bond acceptors (Lipinski definition) is 5. The summed E-state index contributed by atoms with van der Waals surface area (Å²) >= 11 is 0. The van der Waals surface area contributed by atoms with Crippen LogP contribution in [-0.4, -0.2) is 25.4 Å². The van der Waals surface area contributed by atoms with Crippen molar-refractivity contribution in [2.24, 2.45) is 0 Å². The Kier molecular flexibility index (Phi) is 3.95. The van der Waals surface area contributed by atoms with E-state index in [1.54, 1.807) is 0 Å². The number of aromatic carboxylic acids is 1. The highest BCUT2D eigenvalue weighted by Gasteiger charge is 2.31. The molecule has 0 aliphatic carbocycles. The zero-order chi connectivity index (χ0) is 18.2. The second-order valence-electron chi connectivity index (χ2n) is 5.25. The molecule has 4 N–H and O–H groups in total. The lowest BCUT2D eigenvalue weighted by Crippen LogP contribution is -2.09. The fourth-order valence-electron chi connectivity index (χ4n) is 2.32. The van der Waals surface area contributed by atoms with Crippen LogP contribution in [0.5, 0.6) is 0 Å². The molecule has 0 fully saturated rings. The molecule has 0 aliphatic heterocycles. The maximum Gasteiger partial charge on any atom is 0.416 e. The fourth-order valence-corrected chi connectivity index (χ4v) is 2.32. The molecular formula is C15H12F3N5O2. The van der Waals surface area contributed by atoms with E-state index in [0.29, 0.717) is 5.56 Å². The number of carbonyl (C=O) groups is 1. The summed E-state index contributed by atoms with van der Waals surface area (Å²) in [6.07, 6.45) is -0.250. The van der Waals surface area contributed by atoms with Crippen molar-refractivity contribution in [3.63, 3.8) is 0 Å². The first-order valence-corrected chi connectivity index (χ1v) is 7.01. The molecule has 1 aromatic carbocycles. The average molecular weight is 351 g/mol. The van der Waals surface area contributed by atoms with E-state index in [1.807, 2.05) is 0 Å². The molecule has 7 nitrogen and oxygen atoms in total. The predicted molar refractivity (Wildman–Crippen MR) is 83.1 cm³/mol. The summed E-state index contributed by atoms with van der Waals surface area (Å²) in [6, 6.07) is 3.25. The van der Waals surface area contributed by atoms with Gasteiger partial charge >= 0.3 is 12.1 Å². The van der Waals surface area contributed by atoms with E-state index in [2.05, 4.69) is 15.3 Å². The van der Waals surface area contributed by atoms with E-state index in [1.165, 1.54) is 29.1 Å². The number of nitrogens with one attached hydrogen (secondary N) is 1. The highest BCUT2D eigenvalue weighted by molar-refractivity contribution is 5.86. The molecule has 0 bridgehead atoms. The highest BCUT2D eigenvalue weighted by Crippen LogP contribution is 2.31. The molecule has 0 atom stereocenters. The van der Waals surface area contributed by atoms with Crippen molar-refractivity contribution >= 4 is 23.1 Å². The minimum Gasteiger partial charge on any atom is -0.476 e. The number of rotatable bonds is 4. The first-order valence-electron chi connectivity index (χ1n) is 7.01. The third-order valence-corrected chi connectivity index (χ3v) is 3.40. The third-order valence-electron chi connectivity index (χ3n) is 3.40. The van der Waals surface area contributed by atoms with Crippen LogP contribution >= 0.6 is 0 Å². The van der Waals surface area contributed by atoms with E-state index >= 15 is 0 Å². The maximum atomic E-state index is 12.8. The number of carboxylic acids is 1. The number of anilines is 2. The van der Waals surface area contributed by atoms with Crippen LogP contribution in [0.25, 0.3) is 5.65 Å². The van der Waals surface area contributed by atoms with Gasteiger partial charge in [0.15, 0.2) is 17.2 Å². The summed E-state index contributed by atoms with van der Waals surface area (Å²) in [5.41, 5.74) is 5.07. The molecule has 25 heavy (non-hydrogen) atoms. The molecule has 0 unspecified atom stereocenters. The lowest BCUT2D eigenvalue weighted by atomic mass is 10.1. The van der Waals surface area contributed by atoms with Crippen molar-refractivity contribution in [3.8, 4) is 0 Å². The van der Waals surface area contributed by atoms with Crippen LogP contribution in [-0.2, 0) is 12.7 Å². The number of benzene rings is 1. The number of nitrogen functional groups attached to an aromatic ring is 1. The Bertz CT molecular complexity index is 952. The lowest BCUT2D eigenvalue weighted by molar-refractivity contribution is -0.137. The maximum absolute atomic E-state index is 12.8. The van der Waals surface area contributed by atoms with Gasteiger partial charge in [-0.05, 0) is 23.8 Å². The van der Waals surface area contributed by atoms with Crippen LogP contribution in [0.2, 0.25) is 0 Å². The summed E-state index contributed by atoms with van der Waals surface area (Å²) in [5, 5.41) is 11.8. The molecule has 10 heteroatoms. The van der Waals surface area contributed by atoms with E-state index < -0.39 is 17.7 Å². The second-order valence-corrected chi connectivity index (χ2v) is 5.25. The van der Waals surface area contributed by atoms with Crippen molar-refractivity contribution in [2.75, 3.05) is 11.1 Å². The first-order chi connectivity index (χ1) is 11.7. The number of alkyl halides is 3. The number of halogens is 3. The highest BCUT2D eigenvalue weighted by atomic mass is 19.4. The zero-order valence-electron chi connectivity index (χ0n) is 12.6. The summed E-state index contributed by atoms with van der Waals surface area (Å²) in [6.45, 7) is 0.00998. The Morgan fingerprint density at radius 3 is 2.76 bits per heavy atom. The Labute approximate surface area is 138 Å². The van der Waals surface area contributed by atoms with Gasteiger partial charge in [-0.15, -0.1) is 0 Å². The van der Waals surface area contributed by atoms with E-state index in [0.717, 1.165) is 12.1 Å². The molecule has 0 spiro atoms. The molecule has 3 aromatic rings. The minimum absolute atomic E-state index is 0.00762. The van der Waals surface area contributed by atoms with Gasteiger partial charge in [0.2, 0.25) is 0 Å². The number of nitrogens with zero attached hydrogens (tertiary/aromatic N) is 3. The molecule has 0 amide bonds. The number of imidazole rings is 1. The number of fused-ring (bicyclic) bond motifs is 1. The second kappa shape index (κ2) is 5.96. The number of carboxylic acid groups (broad SMARTS) is 1. The van der Waals surface area contributed by atoms with E-state index in [9.17, 15) is 18.0 Å². The molecule has 0 saturated carbocycles. The van der Waals surface area contributed by atoms with E-state index in [4.69, 9.17) is 10.8 Å². The van der Waals surface area contributed by atoms with Crippen LogP contribution in [0.1, 0.15) is 21.6 Å². The van der Waals surface area contributed by atoms with Gasteiger partial charge in [0, 0.05) is 30.8 Å². The largest absolute Gasteiger partial charge is 0.476 e. The SMILES string of the molecule is Nc1cc(CNc2nccn3cc(C(=O)O)nc23)cc(C(F)(F)F)c1. The molecule has 0 radical (unpaired) electrons. The van der Waals surface area contributed by atoms with Gasteiger partial charge in [-0.3, -0.25) is 0 Å². The number of nitrogens with two attached hydrogens (primary N) is 1. The first kappa shape index (κ1) is 16.6. The van der Waals surface area contributed by atoms with Gasteiger partial charge in [-0.2, -0.15) is 13.2 Å². The molecular weight excluding hydrogens is 339 g/mol. The third kappa shape index (κ3) is 3.47. The van der Waals surface area contributed by atoms with Crippen molar-refractivity contribution < 1.29 is 23.1 Å². The Balaban J connectivity index is 1.88. The standard InChI is InChI=1S/C15H12F3N5O2/c16-15(17,18)9-3-8(4-10(19)5-9)6-21-12-13-22-11(14(24)25)7-23(13)2-1-20-12/h1-5,7H,6,19H2,(H,20,21)(H,24,25). The van der Waals surface area contributed by atoms with Gasteiger partial charge < -0.3 is 20.6 Å². The summed E-state index contributed by atoms with van der Waals surface area (Å²) in [4.78, 5) is 19.0. The summed E-state index contributed by atoms with van der Waals surface area (Å²) < 4.78 is 40.0. The van der Waals surface area contributed by atoms with Gasteiger partial charge in [-0.25, -0.2) is 14.8 Å². The number of aromatic nitrogens is 3. The molecule has 3 rings (SSSR count). The van der Waals surface area contributed by atoms with Gasteiger partial charge in [-0.1, -0.05) is 0 Å². The lowest BCUT2D eigenvalue weighted by Gasteiger charge is -2.11. The molecule has 2 aromatic heterocycles. The van der Waals surface area contributed by atoms with Gasteiger partial charge in [0.25, 0.3) is 0 Å². The molecule has 2 heterocycles. The monoisotopic (exact) mass is 351 g/mol. The van der Waals surface area contributed by atoms with Gasteiger partial charge in [0.1, 0.15) is 0 Å².